The van der Waals surface area contributed by atoms with Crippen molar-refractivity contribution in [2.24, 2.45) is 0 Å². The van der Waals surface area contributed by atoms with Gasteiger partial charge < -0.3 is 10.1 Å². The Morgan fingerprint density at radius 1 is 0.927 bits per heavy atom. The average molecular weight is 568 g/mol. The number of carbonyl (C=O) groups is 3. The lowest BCUT2D eigenvalue weighted by Gasteiger charge is -2.21. The Hall–Kier alpha value is -4.56. The van der Waals surface area contributed by atoms with Crippen LogP contribution in [0.3, 0.4) is 0 Å². The number of pyridine rings is 1. The van der Waals surface area contributed by atoms with Crippen LogP contribution >= 0.6 is 11.3 Å². The minimum Gasteiger partial charge on any atom is -0.444 e. The quantitative estimate of drug-likeness (QED) is 0.189. The van der Waals surface area contributed by atoms with E-state index in [1.807, 2.05) is 47.8 Å². The first kappa shape index (κ1) is 29.4. The van der Waals surface area contributed by atoms with Gasteiger partial charge in [0.2, 0.25) is 0 Å². The fraction of sp³-hybridized carbons (Fsp3) is 0.212. The number of allylic oxidation sites excluding steroid dienone is 1. The summed E-state index contributed by atoms with van der Waals surface area (Å²) in [6, 6.07) is 22.1. The van der Waals surface area contributed by atoms with Crippen molar-refractivity contribution in [3.63, 3.8) is 0 Å². The van der Waals surface area contributed by atoms with Gasteiger partial charge in [0.15, 0.2) is 5.78 Å². The Morgan fingerprint density at radius 3 is 2.41 bits per heavy atom. The number of ketones is 1. The summed E-state index contributed by atoms with van der Waals surface area (Å²) in [5, 5.41) is 7.64. The highest BCUT2D eigenvalue weighted by Gasteiger charge is 2.19. The highest BCUT2D eigenvalue weighted by molar-refractivity contribution is 7.13. The number of thiophene rings is 1. The summed E-state index contributed by atoms with van der Waals surface area (Å²) in [4.78, 5) is 43.2. The number of aromatic nitrogens is 1. The summed E-state index contributed by atoms with van der Waals surface area (Å²) in [5.74, 6) is -0.292. The lowest BCUT2D eigenvalue weighted by molar-refractivity contribution is -0.114. The van der Waals surface area contributed by atoms with E-state index in [1.54, 1.807) is 80.8 Å². The minimum atomic E-state index is -0.662. The van der Waals surface area contributed by atoms with Crippen LogP contribution in [0, 0.1) is 0 Å². The summed E-state index contributed by atoms with van der Waals surface area (Å²) < 4.78 is 5.39. The third-order valence-corrected chi connectivity index (χ3v) is 6.84. The molecule has 4 aromatic rings. The van der Waals surface area contributed by atoms with Gasteiger partial charge in [0, 0.05) is 28.8 Å². The van der Waals surface area contributed by atoms with Crippen molar-refractivity contribution in [3.8, 4) is 10.4 Å². The van der Waals surface area contributed by atoms with Crippen molar-refractivity contribution >= 4 is 46.6 Å². The van der Waals surface area contributed by atoms with Gasteiger partial charge in [-0.1, -0.05) is 36.4 Å². The zero-order valence-electron chi connectivity index (χ0n) is 23.3. The molecule has 0 bridgehead atoms. The molecule has 0 atom stereocenters. The standard InChI is InChI=1S/C33H33N3O4S/c1-33(2,3)40-32(39)36-28-19-17-25(30-11-7-21-41-30)22-29(28)35-31(38)24-15-12-23(13-16-24)14-18-27(37)10-6-9-26-8-4-5-20-34-26/h4-5,7-8,11-22H,6,9-10H2,1-3H3,(H,35,38)(H,36,39)/b18-14+. The van der Waals surface area contributed by atoms with Crippen molar-refractivity contribution in [2.45, 2.75) is 45.6 Å². The van der Waals surface area contributed by atoms with Crippen LogP contribution < -0.4 is 10.6 Å². The molecule has 0 radical (unpaired) electrons. The summed E-state index contributed by atoms with van der Waals surface area (Å²) in [6.45, 7) is 5.36. The van der Waals surface area contributed by atoms with E-state index in [1.165, 1.54) is 0 Å². The number of carbonyl (C=O) groups excluding carboxylic acids is 3. The first-order valence-electron chi connectivity index (χ1n) is 13.4. The molecule has 0 unspecified atom stereocenters. The monoisotopic (exact) mass is 567 g/mol. The molecule has 0 aliphatic heterocycles. The van der Waals surface area contributed by atoms with E-state index in [-0.39, 0.29) is 11.7 Å². The molecule has 2 amide bonds. The van der Waals surface area contributed by atoms with Crippen molar-refractivity contribution in [2.75, 3.05) is 10.6 Å². The van der Waals surface area contributed by atoms with Gasteiger partial charge in [0.05, 0.1) is 11.4 Å². The number of aryl methyl sites for hydroxylation is 1. The van der Waals surface area contributed by atoms with Crippen LogP contribution in [-0.4, -0.2) is 28.4 Å². The molecule has 0 aliphatic carbocycles. The maximum absolute atomic E-state index is 13.2. The van der Waals surface area contributed by atoms with Crippen LogP contribution in [0.4, 0.5) is 16.2 Å². The van der Waals surface area contributed by atoms with Crippen LogP contribution in [0.1, 0.15) is 55.2 Å². The van der Waals surface area contributed by atoms with Crippen LogP contribution in [0.2, 0.25) is 0 Å². The minimum absolute atomic E-state index is 0.0402. The molecule has 0 spiro atoms. The Bertz CT molecular complexity index is 1510. The molecule has 0 saturated carbocycles. The maximum atomic E-state index is 13.2. The van der Waals surface area contributed by atoms with Crippen LogP contribution in [-0.2, 0) is 16.0 Å². The molecular weight excluding hydrogens is 534 g/mol. The van der Waals surface area contributed by atoms with Crippen molar-refractivity contribution < 1.29 is 19.1 Å². The normalized spacial score (nSPS) is 11.3. The van der Waals surface area contributed by atoms with Crippen molar-refractivity contribution in [3.05, 3.63) is 107 Å². The van der Waals surface area contributed by atoms with E-state index in [2.05, 4.69) is 15.6 Å². The number of anilines is 2. The Morgan fingerprint density at radius 2 is 1.73 bits per heavy atom. The van der Waals surface area contributed by atoms with Gasteiger partial charge in [-0.15, -0.1) is 11.3 Å². The zero-order valence-corrected chi connectivity index (χ0v) is 24.2. The van der Waals surface area contributed by atoms with E-state index in [0.717, 1.165) is 34.5 Å². The Labute approximate surface area is 244 Å². The SMILES string of the molecule is CC(C)(C)OC(=O)Nc1ccc(-c2cccs2)cc1NC(=O)c1ccc(/C=C/C(=O)CCCc2ccccn2)cc1. The number of benzene rings is 2. The number of nitrogens with zero attached hydrogens (tertiary/aromatic N) is 1. The predicted octanol–water partition coefficient (Wildman–Crippen LogP) is 8.01. The van der Waals surface area contributed by atoms with Crippen LogP contribution in [0.25, 0.3) is 16.5 Å². The number of nitrogens with one attached hydrogen (secondary N) is 2. The summed E-state index contributed by atoms with van der Waals surface area (Å²) in [6.07, 6.45) is 6.39. The molecule has 2 aromatic carbocycles. The van der Waals surface area contributed by atoms with Gasteiger partial charge in [0.1, 0.15) is 5.60 Å². The fourth-order valence-electron chi connectivity index (χ4n) is 3.97. The predicted molar refractivity (Wildman–Crippen MR) is 165 cm³/mol. The second-order valence-electron chi connectivity index (χ2n) is 10.4. The average Bonchev–Trinajstić information content (AvgIpc) is 3.48. The molecule has 0 saturated heterocycles. The van der Waals surface area contributed by atoms with Gasteiger partial charge >= 0.3 is 6.09 Å². The molecule has 7 nitrogen and oxygen atoms in total. The molecule has 0 aliphatic rings. The van der Waals surface area contributed by atoms with E-state index in [0.29, 0.717) is 23.4 Å². The molecule has 8 heteroatoms. The molecule has 210 valence electrons. The van der Waals surface area contributed by atoms with E-state index >= 15 is 0 Å². The topological polar surface area (TPSA) is 97.4 Å². The number of hydrogen-bond acceptors (Lipinski definition) is 6. The van der Waals surface area contributed by atoms with E-state index in [4.69, 9.17) is 4.74 Å². The third-order valence-electron chi connectivity index (χ3n) is 5.93. The lowest BCUT2D eigenvalue weighted by Crippen LogP contribution is -2.27. The first-order valence-corrected chi connectivity index (χ1v) is 14.2. The molecule has 41 heavy (non-hydrogen) atoms. The van der Waals surface area contributed by atoms with Gasteiger partial charge in [0.25, 0.3) is 5.91 Å². The fourth-order valence-corrected chi connectivity index (χ4v) is 4.69. The number of hydrogen-bond donors (Lipinski definition) is 2. The summed E-state index contributed by atoms with van der Waals surface area (Å²) in [7, 11) is 0. The second kappa shape index (κ2) is 13.7. The molecule has 2 N–H and O–H groups in total. The highest BCUT2D eigenvalue weighted by Crippen LogP contribution is 2.32. The van der Waals surface area contributed by atoms with Gasteiger partial charge in [-0.3, -0.25) is 19.9 Å². The molecule has 4 rings (SSSR count). The maximum Gasteiger partial charge on any atom is 0.412 e. The third kappa shape index (κ3) is 9.25. The summed E-state index contributed by atoms with van der Waals surface area (Å²) in [5.41, 5.74) is 3.35. The highest BCUT2D eigenvalue weighted by atomic mass is 32.1. The molecular formula is C33H33N3O4S. The van der Waals surface area contributed by atoms with Gasteiger partial charge in [-0.2, -0.15) is 0 Å². The largest absolute Gasteiger partial charge is 0.444 e. The number of amides is 2. The lowest BCUT2D eigenvalue weighted by atomic mass is 10.1. The first-order chi connectivity index (χ1) is 19.7. The molecule has 0 fully saturated rings. The van der Waals surface area contributed by atoms with Crippen molar-refractivity contribution in [1.82, 2.24) is 4.98 Å². The number of rotatable bonds is 10. The van der Waals surface area contributed by atoms with Crippen LogP contribution in [0.5, 0.6) is 0 Å². The van der Waals surface area contributed by atoms with Gasteiger partial charge in [-0.25, -0.2) is 4.79 Å². The van der Waals surface area contributed by atoms with Crippen LogP contribution in [0.15, 0.2) is 90.4 Å². The van der Waals surface area contributed by atoms with E-state index in [9.17, 15) is 14.4 Å². The zero-order chi connectivity index (χ0) is 29.2. The van der Waals surface area contributed by atoms with E-state index < -0.39 is 11.7 Å². The molecule has 2 aromatic heterocycles. The summed E-state index contributed by atoms with van der Waals surface area (Å²) >= 11 is 1.58. The molecule has 2 heterocycles. The Kier molecular flexibility index (Phi) is 9.81. The smallest absolute Gasteiger partial charge is 0.412 e. The van der Waals surface area contributed by atoms with Crippen molar-refractivity contribution in [1.29, 1.82) is 0 Å². The number of ether oxygens (including phenoxy) is 1. The Balaban J connectivity index is 1.40. The second-order valence-corrected chi connectivity index (χ2v) is 11.4. The van der Waals surface area contributed by atoms with Gasteiger partial charge in [-0.05, 0) is 98.7 Å².